The summed E-state index contributed by atoms with van der Waals surface area (Å²) in [6.45, 7) is 2.39. The van der Waals surface area contributed by atoms with Crippen LogP contribution in [0.3, 0.4) is 0 Å². The fourth-order valence-electron chi connectivity index (χ4n) is 4.81. The molecule has 1 aliphatic carbocycles. The molecule has 0 bridgehead atoms. The van der Waals surface area contributed by atoms with Crippen molar-refractivity contribution in [2.24, 2.45) is 22.2 Å². The number of guanidine groups is 1. The third kappa shape index (κ3) is 7.83. The number of carbonyl (C=O) groups is 2. The SMILES string of the molecule is N=C(N)NCCOCCOCC/N=c1/cc2n(-c3ccc(C(N)=O)cc3)c3ccccc3nc-2cc1Nc1ccc(C(N)=O)cc1. The van der Waals surface area contributed by atoms with E-state index in [4.69, 9.17) is 42.1 Å². The molecule has 46 heavy (non-hydrogen) atoms. The van der Waals surface area contributed by atoms with Crippen LogP contribution < -0.4 is 33.2 Å². The summed E-state index contributed by atoms with van der Waals surface area (Å²) >= 11 is 0. The van der Waals surface area contributed by atoms with Crippen molar-refractivity contribution < 1.29 is 19.1 Å². The van der Waals surface area contributed by atoms with Gasteiger partial charge >= 0.3 is 0 Å². The number of rotatable bonds is 14. The first kappa shape index (κ1) is 31.6. The quantitative estimate of drug-likeness (QED) is 0.0468. The second-order valence-corrected chi connectivity index (χ2v) is 10.2. The molecule has 0 atom stereocenters. The molecule has 3 aromatic rings. The van der Waals surface area contributed by atoms with Crippen LogP contribution in [-0.2, 0) is 9.47 Å². The Hall–Kier alpha value is -5.79. The maximum atomic E-state index is 11.7. The molecule has 0 saturated carbocycles. The van der Waals surface area contributed by atoms with Crippen molar-refractivity contribution in [1.29, 1.82) is 5.41 Å². The summed E-state index contributed by atoms with van der Waals surface area (Å²) in [4.78, 5) is 33.1. The summed E-state index contributed by atoms with van der Waals surface area (Å²) in [5.74, 6) is -1.10. The van der Waals surface area contributed by atoms with Crippen LogP contribution in [0.2, 0.25) is 0 Å². The first-order chi connectivity index (χ1) is 22.3. The van der Waals surface area contributed by atoms with Crippen molar-refractivity contribution in [3.05, 3.63) is 101 Å². The van der Waals surface area contributed by atoms with Gasteiger partial charge in [-0.2, -0.15) is 0 Å². The summed E-state index contributed by atoms with van der Waals surface area (Å²) < 4.78 is 13.3. The van der Waals surface area contributed by atoms with Crippen LogP contribution in [0.5, 0.6) is 0 Å². The Morgan fingerprint density at radius 3 is 2.15 bits per heavy atom. The lowest BCUT2D eigenvalue weighted by atomic mass is 10.1. The topological polar surface area (TPSA) is 209 Å². The Labute approximate surface area is 264 Å². The molecule has 13 heteroatoms. The summed E-state index contributed by atoms with van der Waals surface area (Å²) in [5, 5.41) is 13.9. The van der Waals surface area contributed by atoms with Crippen molar-refractivity contribution in [1.82, 2.24) is 14.9 Å². The smallest absolute Gasteiger partial charge is 0.248 e. The number of nitrogens with one attached hydrogen (secondary N) is 3. The van der Waals surface area contributed by atoms with E-state index in [0.717, 1.165) is 28.1 Å². The number of carbonyl (C=O) groups excluding carboxylic acids is 2. The number of aromatic nitrogens is 2. The summed E-state index contributed by atoms with van der Waals surface area (Å²) in [6, 6.07) is 25.7. The highest BCUT2D eigenvalue weighted by atomic mass is 16.5. The number of fused-ring (bicyclic) bond motifs is 2. The minimum Gasteiger partial charge on any atom is -0.377 e. The number of hydrogen-bond acceptors (Lipinski definition) is 8. The number of para-hydroxylation sites is 2. The molecule has 5 rings (SSSR count). The van der Waals surface area contributed by atoms with Gasteiger partial charge in [-0.25, -0.2) is 4.98 Å². The van der Waals surface area contributed by atoms with E-state index >= 15 is 0 Å². The molecule has 0 saturated heterocycles. The molecular formula is C33H35N9O4. The minimum atomic E-state index is -0.504. The maximum absolute atomic E-state index is 11.7. The van der Waals surface area contributed by atoms with Gasteiger partial charge in [-0.3, -0.25) is 20.0 Å². The summed E-state index contributed by atoms with van der Waals surface area (Å²) in [5.41, 5.74) is 22.4. The van der Waals surface area contributed by atoms with E-state index in [9.17, 15) is 9.59 Å². The highest BCUT2D eigenvalue weighted by Crippen LogP contribution is 2.30. The van der Waals surface area contributed by atoms with Gasteiger partial charge in [0.05, 0.1) is 66.4 Å². The second-order valence-electron chi connectivity index (χ2n) is 10.2. The zero-order valence-electron chi connectivity index (χ0n) is 25.0. The maximum Gasteiger partial charge on any atom is 0.248 e. The van der Waals surface area contributed by atoms with Crippen LogP contribution >= 0.6 is 0 Å². The molecule has 13 nitrogen and oxygen atoms in total. The van der Waals surface area contributed by atoms with E-state index in [1.165, 1.54) is 0 Å². The number of hydrogen-bond donors (Lipinski definition) is 6. The predicted molar refractivity (Wildman–Crippen MR) is 176 cm³/mol. The molecule has 2 aliphatic rings. The molecular weight excluding hydrogens is 586 g/mol. The second kappa shape index (κ2) is 14.8. The van der Waals surface area contributed by atoms with E-state index < -0.39 is 11.8 Å². The molecule has 0 aromatic heterocycles. The Morgan fingerprint density at radius 1 is 0.826 bits per heavy atom. The van der Waals surface area contributed by atoms with E-state index in [1.54, 1.807) is 36.4 Å². The molecule has 236 valence electrons. The van der Waals surface area contributed by atoms with Gasteiger partial charge in [0.2, 0.25) is 11.8 Å². The van der Waals surface area contributed by atoms with Crippen molar-refractivity contribution in [2.45, 2.75) is 0 Å². The van der Waals surface area contributed by atoms with Gasteiger partial charge in [-0.05, 0) is 72.8 Å². The van der Waals surface area contributed by atoms with Gasteiger partial charge in [0.1, 0.15) is 0 Å². The normalized spacial score (nSPS) is 11.5. The summed E-state index contributed by atoms with van der Waals surface area (Å²) in [7, 11) is 0. The minimum absolute atomic E-state index is 0.0952. The van der Waals surface area contributed by atoms with Gasteiger partial charge < -0.3 is 41.9 Å². The highest BCUT2D eigenvalue weighted by molar-refractivity contribution is 5.94. The van der Waals surface area contributed by atoms with Crippen LogP contribution in [0.15, 0.2) is 89.9 Å². The fourth-order valence-corrected chi connectivity index (χ4v) is 4.81. The number of amides is 2. The van der Waals surface area contributed by atoms with E-state index in [2.05, 4.69) is 15.2 Å². The number of nitrogens with zero attached hydrogens (tertiary/aromatic N) is 3. The Kier molecular flexibility index (Phi) is 10.2. The van der Waals surface area contributed by atoms with Gasteiger partial charge in [-0.1, -0.05) is 12.1 Å². The average Bonchev–Trinajstić information content (AvgIpc) is 3.05. The van der Waals surface area contributed by atoms with E-state index in [-0.39, 0.29) is 5.96 Å². The predicted octanol–water partition coefficient (Wildman–Crippen LogP) is 2.49. The lowest BCUT2D eigenvalue weighted by molar-refractivity contribution is 0.0528. The number of nitrogens with two attached hydrogens (primary N) is 3. The first-order valence-corrected chi connectivity index (χ1v) is 14.6. The lowest BCUT2D eigenvalue weighted by Crippen LogP contribution is -2.33. The molecule has 0 unspecified atom stereocenters. The molecule has 1 heterocycles. The molecule has 2 amide bonds. The van der Waals surface area contributed by atoms with Gasteiger partial charge in [0, 0.05) is 29.0 Å². The van der Waals surface area contributed by atoms with Gasteiger partial charge in [0.25, 0.3) is 0 Å². The van der Waals surface area contributed by atoms with Gasteiger partial charge in [0.15, 0.2) is 5.96 Å². The van der Waals surface area contributed by atoms with Crippen molar-refractivity contribution in [3.63, 3.8) is 0 Å². The van der Waals surface area contributed by atoms with Crippen LogP contribution in [0.4, 0.5) is 11.4 Å². The monoisotopic (exact) mass is 621 g/mol. The van der Waals surface area contributed by atoms with E-state index in [1.807, 2.05) is 48.5 Å². The van der Waals surface area contributed by atoms with Crippen LogP contribution in [-0.4, -0.2) is 66.8 Å². The Bertz CT molecular complexity index is 1890. The number of primary amides is 2. The van der Waals surface area contributed by atoms with Crippen molar-refractivity contribution >= 4 is 40.2 Å². The summed E-state index contributed by atoms with van der Waals surface area (Å²) in [6.07, 6.45) is 0. The number of anilines is 2. The van der Waals surface area contributed by atoms with Gasteiger partial charge in [-0.15, -0.1) is 0 Å². The zero-order chi connectivity index (χ0) is 32.5. The standard InChI is InChI=1S/C33H35N9O4/c34-31(43)21-5-9-23(10-6-21)40-27-19-28-30(20-26(27)38-13-15-45-17-18-46-16-14-39-33(36)37)42(29-4-2-1-3-25(29)41-28)24-11-7-22(8-12-24)32(35)44/h1-12,19-20,40H,13-18H2,(H2,34,43)(H2,35,44)(H4,36,37,39)/b38-26-. The first-order valence-electron chi connectivity index (χ1n) is 14.6. The molecule has 0 fully saturated rings. The zero-order valence-corrected chi connectivity index (χ0v) is 25.0. The van der Waals surface area contributed by atoms with Crippen molar-refractivity contribution in [2.75, 3.05) is 44.8 Å². The van der Waals surface area contributed by atoms with Crippen LogP contribution in [0, 0.1) is 5.41 Å². The lowest BCUT2D eigenvalue weighted by Gasteiger charge is -2.20. The third-order valence-electron chi connectivity index (χ3n) is 7.01. The molecule has 0 spiro atoms. The van der Waals surface area contributed by atoms with Crippen molar-refractivity contribution in [3.8, 4) is 17.1 Å². The third-order valence-corrected chi connectivity index (χ3v) is 7.01. The number of ether oxygens (including phenoxy) is 2. The molecule has 9 N–H and O–H groups in total. The van der Waals surface area contributed by atoms with Crippen LogP contribution in [0.1, 0.15) is 20.7 Å². The highest BCUT2D eigenvalue weighted by Gasteiger charge is 2.17. The molecule has 1 aliphatic heterocycles. The van der Waals surface area contributed by atoms with E-state index in [0.29, 0.717) is 67.4 Å². The average molecular weight is 622 g/mol. The Balaban J connectivity index is 1.49. The Morgan fingerprint density at radius 2 is 1.48 bits per heavy atom. The fraction of sp³-hybridized carbons (Fsp3) is 0.182. The van der Waals surface area contributed by atoms with Crippen LogP contribution in [0.25, 0.3) is 28.1 Å². The number of benzene rings is 4. The largest absolute Gasteiger partial charge is 0.377 e. The molecule has 3 aromatic carbocycles. The molecule has 0 radical (unpaired) electrons.